The fourth-order valence-corrected chi connectivity index (χ4v) is 7.03. The van der Waals surface area contributed by atoms with Crippen LogP contribution in [-0.4, -0.2) is 41.7 Å². The molecule has 2 aromatic carbocycles. The number of hydrogen-bond donors (Lipinski definition) is 2. The average Bonchev–Trinajstić information content (AvgIpc) is 3.53. The molecule has 0 amide bonds. The fourth-order valence-electron chi connectivity index (χ4n) is 3.21. The molecule has 2 atom stereocenters. The number of nitrogens with zero attached hydrogens (tertiary/aromatic N) is 4. The van der Waals surface area contributed by atoms with E-state index in [-0.39, 0.29) is 46.0 Å². The number of hydrogen-bond acceptors (Lipinski definition) is 11. The first kappa shape index (κ1) is 30.7. The number of anilines is 4. The summed E-state index contributed by atoms with van der Waals surface area (Å²) in [5.41, 5.74) is 0.422. The Balaban J connectivity index is 1.53. The molecule has 0 fully saturated rings. The van der Waals surface area contributed by atoms with Gasteiger partial charge in [-0.1, -0.05) is 0 Å². The lowest BCUT2D eigenvalue weighted by Gasteiger charge is -2.20. The van der Waals surface area contributed by atoms with Crippen LogP contribution >= 0.6 is 62.8 Å². The summed E-state index contributed by atoms with van der Waals surface area (Å²) in [6, 6.07) is 8.46. The maximum absolute atomic E-state index is 12.7. The normalized spacial score (nSPS) is 12.8. The van der Waals surface area contributed by atoms with E-state index in [0.29, 0.717) is 7.83 Å². The molecule has 0 radical (unpaired) electrons. The third-order valence-corrected chi connectivity index (χ3v) is 9.57. The van der Waals surface area contributed by atoms with E-state index >= 15 is 0 Å². The Morgan fingerprint density at radius 3 is 1.50 bits per heavy atom. The van der Waals surface area contributed by atoms with Gasteiger partial charge in [0.05, 0.1) is 14.2 Å². The molecule has 13 nitrogen and oxygen atoms in total. The van der Waals surface area contributed by atoms with E-state index in [1.165, 1.54) is 73.3 Å². The van der Waals surface area contributed by atoms with Gasteiger partial charge >= 0.3 is 8.25 Å². The van der Waals surface area contributed by atoms with Crippen molar-refractivity contribution in [1.82, 2.24) is 9.97 Å². The van der Waals surface area contributed by atoms with Gasteiger partial charge in [0.2, 0.25) is 0 Å². The first-order valence-electron chi connectivity index (χ1n) is 10.3. The first-order valence-corrected chi connectivity index (χ1v) is 16.9. The summed E-state index contributed by atoms with van der Waals surface area (Å²) in [6.45, 7) is 0. The van der Waals surface area contributed by atoms with Gasteiger partial charge in [0.1, 0.15) is 22.9 Å². The molecule has 20 heteroatoms. The van der Waals surface area contributed by atoms with E-state index in [0.717, 1.165) is 8.61 Å². The van der Waals surface area contributed by atoms with Crippen molar-refractivity contribution in [2.45, 2.75) is 0 Å². The molecule has 0 aliphatic heterocycles. The maximum atomic E-state index is 12.7. The van der Waals surface area contributed by atoms with Crippen LogP contribution in [0, 0.1) is 0 Å². The van der Waals surface area contributed by atoms with Crippen LogP contribution < -0.4 is 27.1 Å². The first-order chi connectivity index (χ1) is 19.1. The fraction of sp³-hybridized carbons (Fsp3) is 0.100. The predicted octanol–water partition coefficient (Wildman–Crippen LogP) is 6.81. The largest absolute Gasteiger partial charge is 0.805 e. The third-order valence-electron chi connectivity index (χ3n) is 4.76. The monoisotopic (exact) mass is 773 g/mol. The molecule has 2 N–H and O–H groups in total. The van der Waals surface area contributed by atoms with E-state index in [4.69, 9.17) is 18.5 Å². The van der Waals surface area contributed by atoms with E-state index in [2.05, 4.69) is 41.8 Å². The summed E-state index contributed by atoms with van der Waals surface area (Å²) < 4.78 is 81.2. The van der Waals surface area contributed by atoms with Crippen molar-refractivity contribution in [3.63, 3.8) is 0 Å². The average molecular weight is 775 g/mol. The Hall–Kier alpha value is -2.22. The minimum Gasteiger partial charge on any atom is -0.494 e. The zero-order valence-electron chi connectivity index (χ0n) is 20.0. The van der Waals surface area contributed by atoms with E-state index in [9.17, 15) is 22.1 Å². The van der Waals surface area contributed by atoms with Gasteiger partial charge in [-0.15, -0.1) is 22.7 Å². The van der Waals surface area contributed by atoms with Crippen molar-refractivity contribution in [3.05, 3.63) is 55.0 Å². The molecule has 212 valence electrons. The highest BCUT2D eigenvalue weighted by Crippen LogP contribution is 2.42. The summed E-state index contributed by atoms with van der Waals surface area (Å²) in [4.78, 5) is 8.33. The second-order valence-electron chi connectivity index (χ2n) is 7.04. The van der Waals surface area contributed by atoms with Crippen LogP contribution in [0.15, 0.2) is 55.0 Å². The third kappa shape index (κ3) is 7.15. The molecule has 4 rings (SSSR count). The Morgan fingerprint density at radius 2 is 1.20 bits per heavy atom. The summed E-state index contributed by atoms with van der Waals surface area (Å²) in [5.74, 6) is 0.882. The quantitative estimate of drug-likeness (QED) is 0.115. The zero-order chi connectivity index (χ0) is 29.0. The van der Waals surface area contributed by atoms with Crippen molar-refractivity contribution in [1.29, 1.82) is 0 Å². The van der Waals surface area contributed by atoms with Crippen LogP contribution in [0.2, 0.25) is 0 Å². The van der Waals surface area contributed by atoms with E-state index in [1.807, 2.05) is 0 Å². The molecule has 0 bridgehead atoms. The Bertz CT molecular complexity index is 1480. The predicted molar refractivity (Wildman–Crippen MR) is 160 cm³/mol. The SMILES string of the molecule is COc1cc(O[P+](=O)Oc2ccc(N(c3csc(Br)n3)S(=O)O)c(OC)c2)ccc1N(c1csc(Br)n1)S(=O)O. The summed E-state index contributed by atoms with van der Waals surface area (Å²) in [5, 5.41) is 3.17. The van der Waals surface area contributed by atoms with Gasteiger partial charge in [0.15, 0.2) is 31.0 Å². The van der Waals surface area contributed by atoms with Crippen LogP contribution in [0.4, 0.5) is 23.0 Å². The standard InChI is InChI=1S/C20H15Br2N4O9PS4/c1-32-15-7-11(3-5-13(15)25(39(28)29)17-9-37-19(21)23-17)34-36(27)35-12-4-6-14(16(8-12)33-2)26(40(30)31)18-10-38-20(22)24-18/h3-10H,1-2H3,(H-,28,29,30,31)/p+1. The zero-order valence-corrected chi connectivity index (χ0v) is 27.3. The Morgan fingerprint density at radius 1 is 0.800 bits per heavy atom. The molecular weight excluding hydrogens is 759 g/mol. The lowest BCUT2D eigenvalue weighted by atomic mass is 10.2. The van der Waals surface area contributed by atoms with Crippen LogP contribution in [-0.2, 0) is 27.1 Å². The smallest absolute Gasteiger partial charge is 0.494 e. The van der Waals surface area contributed by atoms with Crippen molar-refractivity contribution in [2.75, 3.05) is 22.8 Å². The Labute approximate surface area is 258 Å². The van der Waals surface area contributed by atoms with Crippen molar-refractivity contribution in [3.8, 4) is 23.0 Å². The molecule has 0 spiro atoms. The number of ether oxygens (including phenoxy) is 2. The highest BCUT2D eigenvalue weighted by atomic mass is 79.9. The topological polar surface area (TPSA) is 161 Å². The van der Waals surface area contributed by atoms with Gasteiger partial charge in [-0.25, -0.2) is 36.0 Å². The van der Waals surface area contributed by atoms with E-state index in [1.54, 1.807) is 10.8 Å². The lowest BCUT2D eigenvalue weighted by Crippen LogP contribution is -2.20. The second kappa shape index (κ2) is 13.6. The number of methoxy groups -OCH3 is 2. The lowest BCUT2D eigenvalue weighted by molar-refractivity contribution is 0.398. The van der Waals surface area contributed by atoms with Crippen molar-refractivity contribution in [2.24, 2.45) is 0 Å². The van der Waals surface area contributed by atoms with Crippen LogP contribution in [0.5, 0.6) is 23.0 Å². The minimum atomic E-state index is -2.76. The molecular formula is C20H16Br2N4O9PS4+. The molecule has 2 heterocycles. The highest BCUT2D eigenvalue weighted by molar-refractivity contribution is 9.11. The summed E-state index contributed by atoms with van der Waals surface area (Å²) in [6.07, 6.45) is 0. The molecule has 4 aromatic rings. The van der Waals surface area contributed by atoms with Gasteiger partial charge in [0, 0.05) is 27.5 Å². The number of rotatable bonds is 12. The van der Waals surface area contributed by atoms with Crippen LogP contribution in [0.25, 0.3) is 0 Å². The minimum absolute atomic E-state index is 0.0874. The highest BCUT2D eigenvalue weighted by Gasteiger charge is 2.29. The number of halogens is 2. The summed E-state index contributed by atoms with van der Waals surface area (Å²) >= 11 is 3.96. The maximum Gasteiger partial charge on any atom is 0.805 e. The number of thiazole rings is 2. The molecule has 0 aliphatic carbocycles. The molecule has 0 saturated carbocycles. The summed E-state index contributed by atoms with van der Waals surface area (Å²) in [7, 11) is -0.0514. The molecule has 2 unspecified atom stereocenters. The van der Waals surface area contributed by atoms with Crippen LogP contribution in [0.3, 0.4) is 0 Å². The van der Waals surface area contributed by atoms with E-state index < -0.39 is 30.8 Å². The molecule has 0 saturated heterocycles. The van der Waals surface area contributed by atoms with Crippen molar-refractivity contribution >= 4 is 108 Å². The van der Waals surface area contributed by atoms with Gasteiger partial charge in [0.25, 0.3) is 22.5 Å². The molecule has 2 aromatic heterocycles. The number of aromatic nitrogens is 2. The van der Waals surface area contributed by atoms with Crippen molar-refractivity contribution < 1.29 is 40.6 Å². The van der Waals surface area contributed by atoms with Gasteiger partial charge < -0.3 is 9.47 Å². The van der Waals surface area contributed by atoms with Gasteiger partial charge in [-0.3, -0.25) is 9.11 Å². The van der Waals surface area contributed by atoms with Gasteiger partial charge in [-0.2, -0.15) is 0 Å². The number of benzene rings is 2. The molecule has 40 heavy (non-hydrogen) atoms. The molecule has 0 aliphatic rings. The van der Waals surface area contributed by atoms with Gasteiger partial charge in [-0.05, 0) is 56.1 Å². The van der Waals surface area contributed by atoms with Crippen LogP contribution in [0.1, 0.15) is 0 Å². The second-order valence-corrected chi connectivity index (χ2v) is 13.8. The Kier molecular flexibility index (Phi) is 10.5.